The smallest absolute Gasteiger partial charge is 0.208 e. The van der Waals surface area contributed by atoms with Crippen molar-refractivity contribution in [2.45, 2.75) is 18.4 Å². The number of benzene rings is 2. The van der Waals surface area contributed by atoms with Crippen LogP contribution >= 0.6 is 0 Å². The van der Waals surface area contributed by atoms with Crippen LogP contribution in [0, 0.1) is 0 Å². The highest BCUT2D eigenvalue weighted by Gasteiger charge is 2.40. The fourth-order valence-electron chi connectivity index (χ4n) is 2.38. The number of hydrogen-bond donors (Lipinski definition) is 1. The first-order chi connectivity index (χ1) is 10.1. The summed E-state index contributed by atoms with van der Waals surface area (Å²) in [4.78, 5) is 0. The van der Waals surface area contributed by atoms with E-state index in [9.17, 15) is 8.42 Å². The molecule has 2 atom stereocenters. The van der Waals surface area contributed by atoms with E-state index in [1.54, 1.807) is 6.08 Å². The lowest BCUT2D eigenvalue weighted by atomic mass is 10.1. The summed E-state index contributed by atoms with van der Waals surface area (Å²) in [6.45, 7) is 0. The van der Waals surface area contributed by atoms with Gasteiger partial charge in [0.25, 0.3) is 0 Å². The fraction of sp³-hybridized carbons (Fsp3) is 0.176. The number of sulfonamides is 1. The molecule has 0 aliphatic heterocycles. The van der Waals surface area contributed by atoms with Crippen molar-refractivity contribution in [2.75, 3.05) is 0 Å². The van der Waals surface area contributed by atoms with E-state index in [0.717, 1.165) is 12.0 Å². The first-order valence-corrected chi connectivity index (χ1v) is 8.49. The van der Waals surface area contributed by atoms with Gasteiger partial charge in [0.15, 0.2) is 0 Å². The first kappa shape index (κ1) is 14.0. The van der Waals surface area contributed by atoms with Crippen LogP contribution in [-0.4, -0.2) is 14.5 Å². The van der Waals surface area contributed by atoms with Crippen molar-refractivity contribution in [1.82, 2.24) is 4.72 Å². The Hall–Kier alpha value is -1.91. The number of rotatable bonds is 5. The molecule has 0 spiro atoms. The van der Waals surface area contributed by atoms with Crippen LogP contribution in [0.3, 0.4) is 0 Å². The van der Waals surface area contributed by atoms with E-state index in [2.05, 4.69) is 4.72 Å². The summed E-state index contributed by atoms with van der Waals surface area (Å²) >= 11 is 0. The molecule has 1 aliphatic rings. The molecule has 1 N–H and O–H groups in total. The molecule has 2 aromatic carbocycles. The van der Waals surface area contributed by atoms with Gasteiger partial charge in [0, 0.05) is 17.4 Å². The van der Waals surface area contributed by atoms with Gasteiger partial charge in [-0.1, -0.05) is 60.7 Å². The summed E-state index contributed by atoms with van der Waals surface area (Å²) < 4.78 is 26.8. The van der Waals surface area contributed by atoms with Crippen LogP contribution in [0.4, 0.5) is 0 Å². The maximum absolute atomic E-state index is 12.0. The molecule has 0 bridgehead atoms. The Morgan fingerprint density at radius 2 is 1.57 bits per heavy atom. The molecule has 0 saturated heterocycles. The average molecular weight is 299 g/mol. The van der Waals surface area contributed by atoms with Gasteiger partial charge in [-0.05, 0) is 23.6 Å². The zero-order valence-electron chi connectivity index (χ0n) is 11.5. The van der Waals surface area contributed by atoms with Crippen molar-refractivity contribution in [1.29, 1.82) is 0 Å². The normalized spacial score (nSPS) is 21.5. The molecule has 1 aliphatic carbocycles. The summed E-state index contributed by atoms with van der Waals surface area (Å²) in [5.41, 5.74) is 2.07. The van der Waals surface area contributed by atoms with Gasteiger partial charge in [-0.25, -0.2) is 13.1 Å². The molecule has 1 saturated carbocycles. The van der Waals surface area contributed by atoms with E-state index in [1.807, 2.05) is 60.7 Å². The van der Waals surface area contributed by atoms with Crippen molar-refractivity contribution in [2.24, 2.45) is 0 Å². The highest BCUT2D eigenvalue weighted by atomic mass is 32.2. The molecule has 0 amide bonds. The predicted octanol–water partition coefficient (Wildman–Crippen LogP) is 3.13. The highest BCUT2D eigenvalue weighted by molar-refractivity contribution is 7.92. The Morgan fingerprint density at radius 3 is 2.24 bits per heavy atom. The third kappa shape index (κ3) is 3.80. The maximum Gasteiger partial charge on any atom is 0.234 e. The second-order valence-electron chi connectivity index (χ2n) is 5.24. The standard InChI is InChI=1S/C17H17NO2S/c19-21(20,12-11-14-7-3-1-4-8-14)18-17-13-16(17)15-9-5-2-6-10-15/h1-12,16-18H,13H2/b12-11+/t16-,17+/m1/s1. The lowest BCUT2D eigenvalue weighted by molar-refractivity contribution is 0.589. The van der Waals surface area contributed by atoms with Gasteiger partial charge in [-0.15, -0.1) is 0 Å². The minimum atomic E-state index is -3.39. The fourth-order valence-corrected chi connectivity index (χ4v) is 3.47. The van der Waals surface area contributed by atoms with E-state index in [0.29, 0.717) is 5.92 Å². The molecule has 0 heterocycles. The van der Waals surface area contributed by atoms with E-state index in [-0.39, 0.29) is 6.04 Å². The Balaban J connectivity index is 1.62. The molecule has 3 rings (SSSR count). The quantitative estimate of drug-likeness (QED) is 0.922. The Kier molecular flexibility index (Phi) is 3.90. The third-order valence-corrected chi connectivity index (χ3v) is 4.70. The van der Waals surface area contributed by atoms with Gasteiger partial charge in [0.05, 0.1) is 0 Å². The first-order valence-electron chi connectivity index (χ1n) is 6.94. The molecule has 2 aromatic rings. The molecular weight excluding hydrogens is 282 g/mol. The minimum absolute atomic E-state index is 0.0119. The van der Waals surface area contributed by atoms with Crippen LogP contribution in [0.5, 0.6) is 0 Å². The zero-order chi connectivity index (χ0) is 14.7. The van der Waals surface area contributed by atoms with Crippen LogP contribution in [-0.2, 0) is 10.0 Å². The maximum atomic E-state index is 12.0. The van der Waals surface area contributed by atoms with Crippen molar-refractivity contribution in [3.63, 3.8) is 0 Å². The zero-order valence-corrected chi connectivity index (χ0v) is 12.3. The number of nitrogens with one attached hydrogen (secondary N) is 1. The largest absolute Gasteiger partial charge is 0.234 e. The second kappa shape index (κ2) is 5.84. The molecule has 3 nitrogen and oxygen atoms in total. The van der Waals surface area contributed by atoms with Crippen LogP contribution in [0.2, 0.25) is 0 Å². The Morgan fingerprint density at radius 1 is 0.952 bits per heavy atom. The second-order valence-corrected chi connectivity index (χ2v) is 6.83. The molecule has 0 radical (unpaired) electrons. The SMILES string of the molecule is O=S(=O)(/C=C/c1ccccc1)N[C@H]1C[C@@H]1c1ccccc1. The Bertz CT molecular complexity index is 724. The molecule has 21 heavy (non-hydrogen) atoms. The Labute approximate surface area is 125 Å². The lowest BCUT2D eigenvalue weighted by Crippen LogP contribution is -2.24. The monoisotopic (exact) mass is 299 g/mol. The van der Waals surface area contributed by atoms with Crippen molar-refractivity contribution in [3.8, 4) is 0 Å². The van der Waals surface area contributed by atoms with Crippen LogP contribution in [0.15, 0.2) is 66.1 Å². The van der Waals surface area contributed by atoms with Crippen molar-refractivity contribution >= 4 is 16.1 Å². The van der Waals surface area contributed by atoms with Gasteiger partial charge in [0.2, 0.25) is 10.0 Å². The molecule has 4 heteroatoms. The average Bonchev–Trinajstić information content (AvgIpc) is 3.26. The lowest BCUT2D eigenvalue weighted by Gasteiger charge is -2.02. The minimum Gasteiger partial charge on any atom is -0.208 e. The summed E-state index contributed by atoms with van der Waals surface area (Å²) in [5.74, 6) is 0.297. The van der Waals surface area contributed by atoms with E-state index in [1.165, 1.54) is 11.0 Å². The van der Waals surface area contributed by atoms with Crippen molar-refractivity contribution < 1.29 is 8.42 Å². The molecule has 108 valence electrons. The number of hydrogen-bond acceptors (Lipinski definition) is 2. The highest BCUT2D eigenvalue weighted by Crippen LogP contribution is 2.41. The van der Waals surface area contributed by atoms with Gasteiger partial charge >= 0.3 is 0 Å². The molecular formula is C17H17NO2S. The third-order valence-electron chi connectivity index (χ3n) is 3.57. The summed E-state index contributed by atoms with van der Waals surface area (Å²) in [7, 11) is -3.39. The van der Waals surface area contributed by atoms with Crippen LogP contribution < -0.4 is 4.72 Å². The van der Waals surface area contributed by atoms with Crippen LogP contribution in [0.25, 0.3) is 6.08 Å². The van der Waals surface area contributed by atoms with Gasteiger partial charge in [-0.3, -0.25) is 0 Å². The topological polar surface area (TPSA) is 46.2 Å². The van der Waals surface area contributed by atoms with E-state index >= 15 is 0 Å². The summed E-state index contributed by atoms with van der Waals surface area (Å²) in [5, 5.41) is 1.24. The van der Waals surface area contributed by atoms with Gasteiger partial charge in [0.1, 0.15) is 0 Å². The summed E-state index contributed by atoms with van der Waals surface area (Å²) in [6, 6.07) is 19.4. The van der Waals surface area contributed by atoms with E-state index in [4.69, 9.17) is 0 Å². The van der Waals surface area contributed by atoms with Crippen molar-refractivity contribution in [3.05, 3.63) is 77.2 Å². The van der Waals surface area contributed by atoms with E-state index < -0.39 is 10.0 Å². The predicted molar refractivity (Wildman–Crippen MR) is 85.1 cm³/mol. The molecule has 1 fully saturated rings. The summed E-state index contributed by atoms with van der Waals surface area (Å²) in [6.07, 6.45) is 2.48. The molecule has 0 aromatic heterocycles. The van der Waals surface area contributed by atoms with Gasteiger partial charge < -0.3 is 0 Å². The molecule has 0 unspecified atom stereocenters. The van der Waals surface area contributed by atoms with Gasteiger partial charge in [-0.2, -0.15) is 0 Å². The van der Waals surface area contributed by atoms with Crippen LogP contribution in [0.1, 0.15) is 23.5 Å².